The van der Waals surface area contributed by atoms with Gasteiger partial charge in [-0.3, -0.25) is 14.9 Å². The van der Waals surface area contributed by atoms with Crippen LogP contribution in [-0.2, 0) is 6.54 Å². The molecule has 2 aromatic rings. The van der Waals surface area contributed by atoms with Crippen LogP contribution >= 0.6 is 11.3 Å². The van der Waals surface area contributed by atoms with Crippen LogP contribution in [0.4, 0.5) is 11.4 Å². The molecule has 18 heavy (non-hydrogen) atoms. The molecule has 1 N–H and O–H groups in total. The van der Waals surface area contributed by atoms with Gasteiger partial charge in [-0.15, -0.1) is 11.3 Å². The Morgan fingerprint density at radius 2 is 2.33 bits per heavy atom. The predicted octanol–water partition coefficient (Wildman–Crippen LogP) is 2.48. The third kappa shape index (κ3) is 2.69. The number of hydrogen-bond acceptors (Lipinski definition) is 6. The Morgan fingerprint density at radius 3 is 2.94 bits per heavy atom. The molecule has 7 heteroatoms. The van der Waals surface area contributed by atoms with Gasteiger partial charge < -0.3 is 5.32 Å². The lowest BCUT2D eigenvalue weighted by Crippen LogP contribution is -2.03. The van der Waals surface area contributed by atoms with Crippen molar-refractivity contribution in [2.45, 2.75) is 6.54 Å². The summed E-state index contributed by atoms with van der Waals surface area (Å²) >= 11 is 1.46. The second-order valence-electron chi connectivity index (χ2n) is 3.48. The molecule has 0 aliphatic carbocycles. The lowest BCUT2D eigenvalue weighted by molar-refractivity contribution is -0.384. The molecule has 0 atom stereocenters. The topological polar surface area (TPSA) is 85.1 Å². The largest absolute Gasteiger partial charge is 0.374 e. The zero-order valence-corrected chi connectivity index (χ0v) is 10.0. The maximum atomic E-state index is 10.9. The Bertz CT molecular complexity index is 569. The van der Waals surface area contributed by atoms with Crippen LogP contribution in [0.25, 0.3) is 0 Å². The van der Waals surface area contributed by atoms with Crippen molar-refractivity contribution in [1.29, 1.82) is 0 Å². The number of anilines is 1. The number of nitrogens with one attached hydrogen (secondary N) is 1. The highest BCUT2D eigenvalue weighted by Crippen LogP contribution is 2.25. The number of rotatable bonds is 5. The number of hydrogen-bond donors (Lipinski definition) is 1. The number of benzene rings is 1. The summed E-state index contributed by atoms with van der Waals surface area (Å²) in [7, 11) is 0. The molecule has 0 radical (unpaired) electrons. The molecule has 0 aliphatic rings. The van der Waals surface area contributed by atoms with Gasteiger partial charge >= 0.3 is 0 Å². The summed E-state index contributed by atoms with van der Waals surface area (Å²) in [6.07, 6.45) is 0.581. The zero-order valence-electron chi connectivity index (χ0n) is 9.20. The molecule has 0 aliphatic heterocycles. The Morgan fingerprint density at radius 1 is 1.50 bits per heavy atom. The first-order valence-electron chi connectivity index (χ1n) is 5.05. The molecule has 92 valence electrons. The highest BCUT2D eigenvalue weighted by atomic mass is 32.1. The van der Waals surface area contributed by atoms with E-state index in [4.69, 9.17) is 0 Å². The third-order valence-electron chi connectivity index (χ3n) is 2.30. The SMILES string of the molecule is O=Cc1ccc(NCc2cscn2)c([N+](=O)[O-])c1. The van der Waals surface area contributed by atoms with Gasteiger partial charge in [-0.1, -0.05) is 0 Å². The monoisotopic (exact) mass is 263 g/mol. The molecule has 1 heterocycles. The van der Waals surface area contributed by atoms with E-state index in [0.717, 1.165) is 5.69 Å². The second-order valence-corrected chi connectivity index (χ2v) is 4.20. The minimum Gasteiger partial charge on any atom is -0.374 e. The molecule has 0 saturated heterocycles. The van der Waals surface area contributed by atoms with Crippen LogP contribution in [-0.4, -0.2) is 16.2 Å². The normalized spacial score (nSPS) is 10.0. The molecule has 6 nitrogen and oxygen atoms in total. The number of carbonyl (C=O) groups is 1. The number of nitro benzene ring substituents is 1. The van der Waals surface area contributed by atoms with Crippen molar-refractivity contribution in [1.82, 2.24) is 4.98 Å². The lowest BCUT2D eigenvalue weighted by atomic mass is 10.2. The van der Waals surface area contributed by atoms with Crippen LogP contribution < -0.4 is 5.32 Å². The molecule has 2 rings (SSSR count). The minimum absolute atomic E-state index is 0.116. The summed E-state index contributed by atoms with van der Waals surface area (Å²) in [4.78, 5) is 25.0. The Kier molecular flexibility index (Phi) is 3.63. The van der Waals surface area contributed by atoms with E-state index in [1.807, 2.05) is 5.38 Å². The van der Waals surface area contributed by atoms with Gasteiger partial charge in [0.05, 0.1) is 22.7 Å². The van der Waals surface area contributed by atoms with Gasteiger partial charge in [-0.05, 0) is 12.1 Å². The molecule has 0 saturated carbocycles. The van der Waals surface area contributed by atoms with Crippen molar-refractivity contribution in [3.8, 4) is 0 Å². The van der Waals surface area contributed by atoms with Crippen LogP contribution in [0.1, 0.15) is 16.1 Å². The highest BCUT2D eigenvalue weighted by Gasteiger charge is 2.14. The van der Waals surface area contributed by atoms with E-state index in [1.165, 1.54) is 29.5 Å². The van der Waals surface area contributed by atoms with Gasteiger partial charge in [0, 0.05) is 17.0 Å². The number of aromatic nitrogens is 1. The number of thiazole rings is 1. The van der Waals surface area contributed by atoms with Gasteiger partial charge in [0.1, 0.15) is 12.0 Å². The van der Waals surface area contributed by atoms with E-state index in [0.29, 0.717) is 18.5 Å². The average molecular weight is 263 g/mol. The molecule has 1 aromatic carbocycles. The molecule has 0 amide bonds. The van der Waals surface area contributed by atoms with Crippen LogP contribution in [0.15, 0.2) is 29.1 Å². The standard InChI is InChI=1S/C11H9N3O3S/c15-5-8-1-2-10(11(3-8)14(16)17)12-4-9-6-18-7-13-9/h1-3,5-7,12H,4H2. The predicted molar refractivity (Wildman–Crippen MR) is 67.9 cm³/mol. The van der Waals surface area contributed by atoms with E-state index in [1.54, 1.807) is 5.51 Å². The molecule has 0 fully saturated rings. The number of nitro groups is 1. The van der Waals surface area contributed by atoms with Gasteiger partial charge in [0.15, 0.2) is 0 Å². The van der Waals surface area contributed by atoms with Crippen molar-refractivity contribution in [3.05, 3.63) is 50.5 Å². The van der Waals surface area contributed by atoms with Crippen LogP contribution in [0.2, 0.25) is 0 Å². The molecule has 0 unspecified atom stereocenters. The van der Waals surface area contributed by atoms with Crippen LogP contribution in [0.3, 0.4) is 0 Å². The summed E-state index contributed by atoms with van der Waals surface area (Å²) in [5.41, 5.74) is 3.05. The minimum atomic E-state index is -0.517. The first-order chi connectivity index (χ1) is 8.70. The maximum absolute atomic E-state index is 10.9. The van der Waals surface area contributed by atoms with E-state index >= 15 is 0 Å². The number of carbonyl (C=O) groups excluding carboxylic acids is 1. The molecular weight excluding hydrogens is 254 g/mol. The molecule has 0 bridgehead atoms. The fourth-order valence-electron chi connectivity index (χ4n) is 1.43. The van der Waals surface area contributed by atoms with E-state index < -0.39 is 4.92 Å². The Hall–Kier alpha value is -2.28. The second kappa shape index (κ2) is 5.37. The fourth-order valence-corrected chi connectivity index (χ4v) is 1.99. The number of aldehydes is 1. The molecule has 0 spiro atoms. The van der Waals surface area contributed by atoms with Gasteiger partial charge in [0.2, 0.25) is 0 Å². The third-order valence-corrected chi connectivity index (χ3v) is 2.93. The first-order valence-corrected chi connectivity index (χ1v) is 5.99. The van der Waals surface area contributed by atoms with Crippen molar-refractivity contribution in [2.24, 2.45) is 0 Å². The van der Waals surface area contributed by atoms with E-state index in [9.17, 15) is 14.9 Å². The number of nitrogens with zero attached hydrogens (tertiary/aromatic N) is 2. The summed E-state index contributed by atoms with van der Waals surface area (Å²) in [5.74, 6) is 0. The van der Waals surface area contributed by atoms with Crippen molar-refractivity contribution in [2.75, 3.05) is 5.32 Å². The molecular formula is C11H9N3O3S. The first kappa shape index (κ1) is 12.2. The zero-order chi connectivity index (χ0) is 13.0. The quantitative estimate of drug-likeness (QED) is 0.509. The molecule has 1 aromatic heterocycles. The van der Waals surface area contributed by atoms with Crippen LogP contribution in [0.5, 0.6) is 0 Å². The van der Waals surface area contributed by atoms with Gasteiger partial charge in [-0.25, -0.2) is 4.98 Å². The van der Waals surface area contributed by atoms with Crippen molar-refractivity contribution >= 4 is 29.0 Å². The lowest BCUT2D eigenvalue weighted by Gasteiger charge is -2.05. The van der Waals surface area contributed by atoms with E-state index in [-0.39, 0.29) is 11.3 Å². The average Bonchev–Trinajstić information content (AvgIpc) is 2.89. The van der Waals surface area contributed by atoms with Gasteiger partial charge in [0.25, 0.3) is 5.69 Å². The van der Waals surface area contributed by atoms with Crippen molar-refractivity contribution in [3.63, 3.8) is 0 Å². The Labute approximate surface area is 106 Å². The fraction of sp³-hybridized carbons (Fsp3) is 0.0909. The summed E-state index contributed by atoms with van der Waals surface area (Å²) < 4.78 is 0. The van der Waals surface area contributed by atoms with Gasteiger partial charge in [-0.2, -0.15) is 0 Å². The maximum Gasteiger partial charge on any atom is 0.293 e. The van der Waals surface area contributed by atoms with Crippen molar-refractivity contribution < 1.29 is 9.72 Å². The summed E-state index contributed by atoms with van der Waals surface area (Å²) in [6.45, 7) is 0.408. The highest BCUT2D eigenvalue weighted by molar-refractivity contribution is 7.07. The smallest absolute Gasteiger partial charge is 0.293 e. The summed E-state index contributed by atoms with van der Waals surface area (Å²) in [6, 6.07) is 4.30. The Balaban J connectivity index is 2.21. The summed E-state index contributed by atoms with van der Waals surface area (Å²) in [5, 5.41) is 15.7. The van der Waals surface area contributed by atoms with Crippen LogP contribution in [0, 0.1) is 10.1 Å². The van der Waals surface area contributed by atoms with E-state index in [2.05, 4.69) is 10.3 Å².